The van der Waals surface area contributed by atoms with Gasteiger partial charge in [-0.05, 0) is 31.5 Å². The molecule has 0 spiro atoms. The molecule has 2 atom stereocenters. The van der Waals surface area contributed by atoms with E-state index < -0.39 is 0 Å². The van der Waals surface area contributed by atoms with Gasteiger partial charge in [0.15, 0.2) is 0 Å². The van der Waals surface area contributed by atoms with Crippen molar-refractivity contribution in [2.75, 3.05) is 45.4 Å². The lowest BCUT2D eigenvalue weighted by molar-refractivity contribution is 0.0351. The molecule has 1 aromatic carbocycles. The molecular weight excluding hydrogens is 264 g/mol. The Morgan fingerprint density at radius 3 is 3.05 bits per heavy atom. The lowest BCUT2D eigenvalue weighted by Crippen LogP contribution is -2.47. The fraction of sp³-hybridized carbons (Fsp3) is 0.647. The molecular formula is C17H28N2O2. The van der Waals surface area contributed by atoms with Crippen LogP contribution >= 0.6 is 0 Å². The smallest absolute Gasteiger partial charge is 0.120 e. The predicted molar refractivity (Wildman–Crippen MR) is 87.3 cm³/mol. The average molecular weight is 292 g/mol. The summed E-state index contributed by atoms with van der Waals surface area (Å²) >= 11 is 0. The number of hydrogen-bond acceptors (Lipinski definition) is 4. The Kier molecular flexibility index (Phi) is 6.33. The second-order valence-corrected chi connectivity index (χ2v) is 5.77. The van der Waals surface area contributed by atoms with E-state index in [0.29, 0.717) is 12.0 Å². The molecule has 1 fully saturated rings. The third-order valence-corrected chi connectivity index (χ3v) is 4.13. The zero-order chi connectivity index (χ0) is 15.1. The molecule has 1 saturated heterocycles. The van der Waals surface area contributed by atoms with Crippen molar-refractivity contribution in [1.82, 2.24) is 5.32 Å². The van der Waals surface area contributed by atoms with E-state index >= 15 is 0 Å². The van der Waals surface area contributed by atoms with Crippen LogP contribution in [0.15, 0.2) is 24.3 Å². The largest absolute Gasteiger partial charge is 0.497 e. The van der Waals surface area contributed by atoms with Crippen LogP contribution in [-0.2, 0) is 4.74 Å². The molecule has 0 bridgehead atoms. The van der Waals surface area contributed by atoms with Crippen molar-refractivity contribution in [1.29, 1.82) is 0 Å². The molecule has 21 heavy (non-hydrogen) atoms. The summed E-state index contributed by atoms with van der Waals surface area (Å²) in [6.45, 7) is 6.01. The summed E-state index contributed by atoms with van der Waals surface area (Å²) in [5.74, 6) is 1.43. The number of rotatable bonds is 7. The first-order chi connectivity index (χ1) is 10.2. The molecule has 1 N–H and O–H groups in total. The monoisotopic (exact) mass is 292 g/mol. The Balaban J connectivity index is 1.96. The number of ether oxygens (including phenoxy) is 2. The summed E-state index contributed by atoms with van der Waals surface area (Å²) in [6, 6.07) is 8.78. The molecule has 0 aromatic heterocycles. The summed E-state index contributed by atoms with van der Waals surface area (Å²) in [6.07, 6.45) is 2.28. The van der Waals surface area contributed by atoms with E-state index in [1.54, 1.807) is 7.11 Å². The molecule has 118 valence electrons. The lowest BCUT2D eigenvalue weighted by Gasteiger charge is -2.35. The van der Waals surface area contributed by atoms with Crippen LogP contribution in [0.5, 0.6) is 5.75 Å². The molecule has 2 unspecified atom stereocenters. The molecule has 0 radical (unpaired) electrons. The van der Waals surface area contributed by atoms with Gasteiger partial charge in [0.25, 0.3) is 0 Å². The minimum atomic E-state index is 0.529. The van der Waals surface area contributed by atoms with Gasteiger partial charge in [-0.3, -0.25) is 0 Å². The maximum Gasteiger partial charge on any atom is 0.120 e. The van der Waals surface area contributed by atoms with E-state index in [-0.39, 0.29) is 0 Å². The molecule has 2 rings (SSSR count). The Labute approximate surface area is 128 Å². The summed E-state index contributed by atoms with van der Waals surface area (Å²) in [7, 11) is 3.85. The number of methoxy groups -OCH3 is 1. The van der Waals surface area contributed by atoms with Gasteiger partial charge >= 0.3 is 0 Å². The zero-order valence-corrected chi connectivity index (χ0v) is 13.5. The predicted octanol–water partition coefficient (Wildman–Crippen LogP) is 2.54. The minimum absolute atomic E-state index is 0.529. The number of benzene rings is 1. The number of hydrogen-bond donors (Lipinski definition) is 1. The SMILES string of the molecule is CCCNC1CCOCC1CN(C)c1cccc(OC)c1. The second kappa shape index (κ2) is 8.25. The van der Waals surface area contributed by atoms with Crippen LogP contribution in [0.3, 0.4) is 0 Å². The molecule has 1 aliphatic heterocycles. The Hall–Kier alpha value is -1.26. The Morgan fingerprint density at radius 1 is 1.43 bits per heavy atom. The molecule has 1 heterocycles. The fourth-order valence-corrected chi connectivity index (χ4v) is 2.88. The number of nitrogens with one attached hydrogen (secondary N) is 1. The van der Waals surface area contributed by atoms with Gasteiger partial charge in [0.2, 0.25) is 0 Å². The quantitative estimate of drug-likeness (QED) is 0.837. The molecule has 0 saturated carbocycles. The topological polar surface area (TPSA) is 33.7 Å². The summed E-state index contributed by atoms with van der Waals surface area (Å²) < 4.78 is 11.0. The normalized spacial score (nSPS) is 22.0. The first-order valence-corrected chi connectivity index (χ1v) is 7.91. The van der Waals surface area contributed by atoms with E-state index in [9.17, 15) is 0 Å². The van der Waals surface area contributed by atoms with Crippen LogP contribution in [-0.4, -0.2) is 46.5 Å². The van der Waals surface area contributed by atoms with Gasteiger partial charge in [0, 0.05) is 43.9 Å². The van der Waals surface area contributed by atoms with E-state index in [1.165, 1.54) is 12.1 Å². The zero-order valence-electron chi connectivity index (χ0n) is 13.5. The highest BCUT2D eigenvalue weighted by atomic mass is 16.5. The van der Waals surface area contributed by atoms with Crippen molar-refractivity contribution in [3.63, 3.8) is 0 Å². The van der Waals surface area contributed by atoms with Crippen LogP contribution < -0.4 is 15.0 Å². The molecule has 0 aliphatic carbocycles. The highest BCUT2D eigenvalue weighted by Gasteiger charge is 2.26. The second-order valence-electron chi connectivity index (χ2n) is 5.77. The summed E-state index contributed by atoms with van der Waals surface area (Å²) in [4.78, 5) is 2.29. The summed E-state index contributed by atoms with van der Waals surface area (Å²) in [5, 5.41) is 3.67. The number of anilines is 1. The van der Waals surface area contributed by atoms with E-state index in [2.05, 4.69) is 36.3 Å². The van der Waals surface area contributed by atoms with Crippen molar-refractivity contribution in [3.8, 4) is 5.75 Å². The van der Waals surface area contributed by atoms with Crippen molar-refractivity contribution < 1.29 is 9.47 Å². The molecule has 4 nitrogen and oxygen atoms in total. The van der Waals surface area contributed by atoms with Crippen LogP contribution in [0.25, 0.3) is 0 Å². The van der Waals surface area contributed by atoms with Gasteiger partial charge < -0.3 is 19.7 Å². The van der Waals surface area contributed by atoms with E-state index in [1.807, 2.05) is 12.1 Å². The van der Waals surface area contributed by atoms with Gasteiger partial charge in [0.05, 0.1) is 13.7 Å². The standard InChI is InChI=1S/C17H28N2O2/c1-4-9-18-17-8-10-21-13-14(17)12-19(2)15-6-5-7-16(11-15)20-3/h5-7,11,14,17-18H,4,8-10,12-13H2,1-3H3. The highest BCUT2D eigenvalue weighted by Crippen LogP contribution is 2.23. The van der Waals surface area contributed by atoms with Crippen LogP contribution in [0.2, 0.25) is 0 Å². The van der Waals surface area contributed by atoms with Gasteiger partial charge in [-0.25, -0.2) is 0 Å². The van der Waals surface area contributed by atoms with Gasteiger partial charge in [-0.2, -0.15) is 0 Å². The van der Waals surface area contributed by atoms with Crippen molar-refractivity contribution >= 4 is 5.69 Å². The maximum atomic E-state index is 5.68. The van der Waals surface area contributed by atoms with Crippen LogP contribution in [0, 0.1) is 5.92 Å². The third-order valence-electron chi connectivity index (χ3n) is 4.13. The van der Waals surface area contributed by atoms with Gasteiger partial charge in [0.1, 0.15) is 5.75 Å². The molecule has 0 amide bonds. The van der Waals surface area contributed by atoms with E-state index in [4.69, 9.17) is 9.47 Å². The average Bonchev–Trinajstić information content (AvgIpc) is 2.54. The Morgan fingerprint density at radius 2 is 2.29 bits per heavy atom. The molecule has 4 heteroatoms. The highest BCUT2D eigenvalue weighted by molar-refractivity contribution is 5.50. The number of nitrogens with zero attached hydrogens (tertiary/aromatic N) is 1. The third kappa shape index (κ3) is 4.61. The maximum absolute atomic E-state index is 5.68. The van der Waals surface area contributed by atoms with Crippen LogP contribution in [0.1, 0.15) is 19.8 Å². The van der Waals surface area contributed by atoms with Crippen molar-refractivity contribution in [2.24, 2.45) is 5.92 Å². The molecule has 1 aliphatic rings. The lowest BCUT2D eigenvalue weighted by atomic mass is 9.95. The fourth-order valence-electron chi connectivity index (χ4n) is 2.88. The van der Waals surface area contributed by atoms with E-state index in [0.717, 1.165) is 38.5 Å². The summed E-state index contributed by atoms with van der Waals surface area (Å²) in [5.41, 5.74) is 1.19. The van der Waals surface area contributed by atoms with Crippen molar-refractivity contribution in [2.45, 2.75) is 25.8 Å². The molecule has 1 aromatic rings. The van der Waals surface area contributed by atoms with Gasteiger partial charge in [-0.15, -0.1) is 0 Å². The van der Waals surface area contributed by atoms with Crippen molar-refractivity contribution in [3.05, 3.63) is 24.3 Å². The Bertz CT molecular complexity index is 425. The first-order valence-electron chi connectivity index (χ1n) is 7.91. The van der Waals surface area contributed by atoms with Crippen LogP contribution in [0.4, 0.5) is 5.69 Å². The first kappa shape index (κ1) is 16.1. The van der Waals surface area contributed by atoms with Gasteiger partial charge in [-0.1, -0.05) is 13.0 Å². The minimum Gasteiger partial charge on any atom is -0.497 e.